The van der Waals surface area contributed by atoms with Crippen LogP contribution in [0.1, 0.15) is 43.1 Å². The quantitative estimate of drug-likeness (QED) is 0.446. The molecule has 0 N–H and O–H groups in total. The van der Waals surface area contributed by atoms with Crippen LogP contribution in [0.5, 0.6) is 5.75 Å². The van der Waals surface area contributed by atoms with Crippen molar-refractivity contribution < 1.29 is 19.1 Å². The molecule has 0 fully saturated rings. The number of hydrogen-bond donors (Lipinski definition) is 0. The second-order valence-electron chi connectivity index (χ2n) is 8.00. The summed E-state index contributed by atoms with van der Waals surface area (Å²) >= 11 is 0. The molecule has 0 saturated heterocycles. The second kappa shape index (κ2) is 11.7. The van der Waals surface area contributed by atoms with Crippen LogP contribution in [0.4, 0.5) is 4.79 Å². The van der Waals surface area contributed by atoms with Gasteiger partial charge in [0.15, 0.2) is 5.82 Å². The van der Waals surface area contributed by atoms with E-state index in [0.717, 1.165) is 11.1 Å². The van der Waals surface area contributed by atoms with Gasteiger partial charge in [-0.05, 0) is 44.0 Å². The highest BCUT2D eigenvalue weighted by Gasteiger charge is 2.15. The summed E-state index contributed by atoms with van der Waals surface area (Å²) in [6.07, 6.45) is 2.64. The van der Waals surface area contributed by atoms with Crippen LogP contribution in [-0.4, -0.2) is 55.0 Å². The highest BCUT2D eigenvalue weighted by molar-refractivity contribution is 5.82. The summed E-state index contributed by atoms with van der Waals surface area (Å²) in [7, 11) is 1.56. The summed E-state index contributed by atoms with van der Waals surface area (Å²) in [6.45, 7) is 3.54. The maximum Gasteiger partial charge on any atom is 0.415 e. The van der Waals surface area contributed by atoms with Crippen molar-refractivity contribution in [2.24, 2.45) is 0 Å². The van der Waals surface area contributed by atoms with Crippen LogP contribution in [-0.2, 0) is 22.6 Å². The Hall–Kier alpha value is -4.08. The molecule has 0 saturated carbocycles. The third-order valence-electron chi connectivity index (χ3n) is 4.88. The Morgan fingerprint density at radius 3 is 2.26 bits per heavy atom. The van der Waals surface area contributed by atoms with E-state index < -0.39 is 6.09 Å². The topological polar surface area (TPSA) is 128 Å². The summed E-state index contributed by atoms with van der Waals surface area (Å²) in [5.41, 5.74) is 2.30. The number of aromatic nitrogens is 5. The van der Waals surface area contributed by atoms with Gasteiger partial charge in [0.25, 0.3) is 0 Å². The van der Waals surface area contributed by atoms with Gasteiger partial charge < -0.3 is 14.4 Å². The van der Waals surface area contributed by atoms with Gasteiger partial charge in [0, 0.05) is 32.5 Å². The minimum atomic E-state index is -0.551. The number of amides is 1. The van der Waals surface area contributed by atoms with Crippen LogP contribution in [0.2, 0.25) is 0 Å². The maximum absolute atomic E-state index is 12.2. The van der Waals surface area contributed by atoms with E-state index in [0.29, 0.717) is 30.7 Å². The third kappa shape index (κ3) is 7.51. The van der Waals surface area contributed by atoms with Crippen molar-refractivity contribution in [2.75, 3.05) is 7.05 Å². The number of carbonyl (C=O) groups is 3. The molecule has 10 heteroatoms. The zero-order valence-corrected chi connectivity index (χ0v) is 19.4. The van der Waals surface area contributed by atoms with Gasteiger partial charge in [0.1, 0.15) is 23.0 Å². The number of benzene rings is 1. The molecule has 0 bridgehead atoms. The SMILES string of the molecule is CC(=O)CCCC(=O)Cc1ccc(-c2nnc(CN(C)C(=O)Oc3ccc(C)cc3)nn2)nc1. The summed E-state index contributed by atoms with van der Waals surface area (Å²) in [6, 6.07) is 10.6. The minimum Gasteiger partial charge on any atom is -0.410 e. The number of rotatable bonds is 10. The molecular formula is C24H26N6O4. The average Bonchev–Trinajstić information content (AvgIpc) is 2.81. The maximum atomic E-state index is 12.2. The Labute approximate surface area is 197 Å². The predicted molar refractivity (Wildman–Crippen MR) is 123 cm³/mol. The van der Waals surface area contributed by atoms with Gasteiger partial charge in [-0.3, -0.25) is 9.78 Å². The molecule has 34 heavy (non-hydrogen) atoms. The average molecular weight is 463 g/mol. The number of aryl methyl sites for hydroxylation is 1. The van der Waals surface area contributed by atoms with E-state index >= 15 is 0 Å². The van der Waals surface area contributed by atoms with Crippen molar-refractivity contribution in [2.45, 2.75) is 46.1 Å². The van der Waals surface area contributed by atoms with Crippen molar-refractivity contribution in [1.29, 1.82) is 0 Å². The van der Waals surface area contributed by atoms with Gasteiger partial charge in [-0.2, -0.15) is 0 Å². The molecule has 3 aromatic rings. The molecule has 2 heterocycles. The first-order valence-electron chi connectivity index (χ1n) is 10.8. The molecule has 0 aliphatic rings. The number of ketones is 2. The van der Waals surface area contributed by atoms with Crippen LogP contribution >= 0.6 is 0 Å². The Balaban J connectivity index is 1.52. The zero-order valence-electron chi connectivity index (χ0n) is 19.4. The Morgan fingerprint density at radius 2 is 1.65 bits per heavy atom. The van der Waals surface area contributed by atoms with Crippen LogP contribution in [0.15, 0.2) is 42.6 Å². The molecule has 0 aliphatic carbocycles. The predicted octanol–water partition coefficient (Wildman–Crippen LogP) is 3.14. The lowest BCUT2D eigenvalue weighted by Gasteiger charge is -2.15. The number of pyridine rings is 1. The largest absolute Gasteiger partial charge is 0.415 e. The molecule has 10 nitrogen and oxygen atoms in total. The van der Waals surface area contributed by atoms with Crippen LogP contribution < -0.4 is 4.74 Å². The van der Waals surface area contributed by atoms with Gasteiger partial charge in [-0.15, -0.1) is 20.4 Å². The Kier molecular flexibility index (Phi) is 8.44. The van der Waals surface area contributed by atoms with Gasteiger partial charge in [-0.25, -0.2) is 4.79 Å². The molecule has 1 aromatic carbocycles. The molecule has 3 rings (SSSR count). The van der Waals surface area contributed by atoms with Gasteiger partial charge in [0.2, 0.25) is 5.82 Å². The first-order chi connectivity index (χ1) is 16.3. The standard InChI is InChI=1S/C24H26N6O4/c1-16-7-10-20(11-8-16)34-24(33)30(3)15-22-26-28-23(29-27-22)21-12-9-18(14-25-21)13-19(32)6-4-5-17(2)31/h7-12,14H,4-6,13,15H2,1-3H3. The molecule has 0 radical (unpaired) electrons. The smallest absolute Gasteiger partial charge is 0.410 e. The molecule has 176 valence electrons. The monoisotopic (exact) mass is 462 g/mol. The Morgan fingerprint density at radius 1 is 0.941 bits per heavy atom. The van der Waals surface area contributed by atoms with Crippen LogP contribution in [0, 0.1) is 6.92 Å². The fourth-order valence-electron chi connectivity index (χ4n) is 2.99. The first-order valence-corrected chi connectivity index (χ1v) is 10.8. The van der Waals surface area contributed by atoms with Crippen LogP contribution in [0.3, 0.4) is 0 Å². The number of nitrogens with zero attached hydrogens (tertiary/aromatic N) is 6. The molecule has 0 aliphatic heterocycles. The molecule has 0 unspecified atom stereocenters. The van der Waals surface area contributed by atoms with E-state index in [2.05, 4.69) is 25.4 Å². The van der Waals surface area contributed by atoms with Crippen molar-refractivity contribution in [3.8, 4) is 17.3 Å². The summed E-state index contributed by atoms with van der Waals surface area (Å²) in [4.78, 5) is 40.8. The second-order valence-corrected chi connectivity index (χ2v) is 8.00. The highest BCUT2D eigenvalue weighted by Crippen LogP contribution is 2.14. The van der Waals surface area contributed by atoms with E-state index in [1.54, 1.807) is 37.5 Å². The molecule has 0 atom stereocenters. The minimum absolute atomic E-state index is 0.0600. The number of Topliss-reactive ketones (excluding diaryl/α,β-unsaturated/α-hetero) is 2. The van der Waals surface area contributed by atoms with E-state index in [1.807, 2.05) is 19.1 Å². The van der Waals surface area contributed by atoms with Crippen molar-refractivity contribution in [3.63, 3.8) is 0 Å². The van der Waals surface area contributed by atoms with E-state index in [-0.39, 0.29) is 36.2 Å². The lowest BCUT2D eigenvalue weighted by atomic mass is 10.1. The lowest BCUT2D eigenvalue weighted by Crippen LogP contribution is -2.30. The summed E-state index contributed by atoms with van der Waals surface area (Å²) in [5.74, 6) is 1.07. The Bertz CT molecular complexity index is 1130. The number of carbonyl (C=O) groups excluding carboxylic acids is 3. The van der Waals surface area contributed by atoms with Gasteiger partial charge in [0.05, 0.1) is 6.54 Å². The van der Waals surface area contributed by atoms with Crippen molar-refractivity contribution in [1.82, 2.24) is 30.3 Å². The fourth-order valence-corrected chi connectivity index (χ4v) is 2.99. The lowest BCUT2D eigenvalue weighted by molar-refractivity contribution is -0.119. The van der Waals surface area contributed by atoms with E-state index in [1.165, 1.54) is 11.8 Å². The number of ether oxygens (including phenoxy) is 1. The molecule has 2 aromatic heterocycles. The first kappa shape index (κ1) is 24.6. The zero-order chi connectivity index (χ0) is 24.5. The molecular weight excluding hydrogens is 436 g/mol. The molecule has 0 spiro atoms. The summed E-state index contributed by atoms with van der Waals surface area (Å²) in [5, 5.41) is 16.1. The number of hydrogen-bond acceptors (Lipinski definition) is 9. The summed E-state index contributed by atoms with van der Waals surface area (Å²) < 4.78 is 5.31. The van der Waals surface area contributed by atoms with Crippen LogP contribution in [0.25, 0.3) is 11.5 Å². The normalized spacial score (nSPS) is 10.6. The van der Waals surface area contributed by atoms with Gasteiger partial charge >= 0.3 is 6.09 Å². The van der Waals surface area contributed by atoms with Gasteiger partial charge in [-0.1, -0.05) is 23.8 Å². The van der Waals surface area contributed by atoms with E-state index in [4.69, 9.17) is 4.74 Å². The molecule has 1 amide bonds. The van der Waals surface area contributed by atoms with E-state index in [9.17, 15) is 14.4 Å². The third-order valence-corrected chi connectivity index (χ3v) is 4.88. The highest BCUT2D eigenvalue weighted by atomic mass is 16.6. The van der Waals surface area contributed by atoms with Crippen molar-refractivity contribution >= 4 is 17.7 Å². The fraction of sp³-hybridized carbons (Fsp3) is 0.333. The van der Waals surface area contributed by atoms with Crippen molar-refractivity contribution in [3.05, 3.63) is 59.5 Å².